The van der Waals surface area contributed by atoms with Crippen molar-refractivity contribution in [2.45, 2.75) is 37.8 Å². The van der Waals surface area contributed by atoms with Crippen LogP contribution < -0.4 is 10.6 Å². The molecule has 182 valence electrons. The molecule has 0 fully saturated rings. The minimum atomic E-state index is -0.978. The number of nitrogens with one attached hydrogen (secondary N) is 2. The van der Waals surface area contributed by atoms with Gasteiger partial charge < -0.3 is 29.6 Å². The van der Waals surface area contributed by atoms with Crippen molar-refractivity contribution in [1.29, 1.82) is 0 Å². The van der Waals surface area contributed by atoms with Gasteiger partial charge in [0.15, 0.2) is 0 Å². The highest BCUT2D eigenvalue weighted by Crippen LogP contribution is 2.23. The van der Waals surface area contributed by atoms with E-state index in [2.05, 4.69) is 29.6 Å². The van der Waals surface area contributed by atoms with Gasteiger partial charge in [-0.25, -0.2) is 9.59 Å². The lowest BCUT2D eigenvalue weighted by Gasteiger charge is -2.18. The number of ether oxygens (including phenoxy) is 4. The molecule has 0 aliphatic rings. The SMILES string of the molecule is COC(=O)CCC(=O)N[C@@H](CSSC[C@H](NC(=O)CCC(=O)OC)C(=O)OC)C(=O)OC. The van der Waals surface area contributed by atoms with Crippen LogP contribution in [0.25, 0.3) is 0 Å². The topological polar surface area (TPSA) is 163 Å². The number of hydrogen-bond donors (Lipinski definition) is 2. The Morgan fingerprint density at radius 1 is 0.594 bits per heavy atom. The van der Waals surface area contributed by atoms with Crippen LogP contribution in [0.2, 0.25) is 0 Å². The van der Waals surface area contributed by atoms with Crippen molar-refractivity contribution in [3.05, 3.63) is 0 Å². The van der Waals surface area contributed by atoms with Gasteiger partial charge in [-0.3, -0.25) is 19.2 Å². The van der Waals surface area contributed by atoms with E-state index in [0.717, 1.165) is 21.6 Å². The molecule has 0 saturated carbocycles. The highest BCUT2D eigenvalue weighted by molar-refractivity contribution is 8.76. The zero-order valence-electron chi connectivity index (χ0n) is 18.3. The third-order valence-corrected chi connectivity index (χ3v) is 6.18. The fourth-order valence-corrected chi connectivity index (χ4v) is 4.32. The quantitative estimate of drug-likeness (QED) is 0.131. The molecule has 0 aromatic rings. The van der Waals surface area contributed by atoms with Gasteiger partial charge in [0, 0.05) is 24.3 Å². The number of carbonyl (C=O) groups excluding carboxylic acids is 6. The molecule has 0 heterocycles. The molecule has 0 spiro atoms. The van der Waals surface area contributed by atoms with Crippen molar-refractivity contribution in [2.24, 2.45) is 0 Å². The van der Waals surface area contributed by atoms with Gasteiger partial charge in [0.2, 0.25) is 11.8 Å². The zero-order valence-corrected chi connectivity index (χ0v) is 19.9. The number of amides is 2. The summed E-state index contributed by atoms with van der Waals surface area (Å²) in [7, 11) is 7.06. The molecule has 0 aliphatic heterocycles. The molecule has 2 N–H and O–H groups in total. The molecule has 0 saturated heterocycles. The second kappa shape index (κ2) is 17.1. The standard InChI is InChI=1S/C18H28N2O10S2/c1-27-15(23)7-5-13(21)19-11(17(25)29-3)9-31-32-10-12(18(26)30-4)20-14(22)6-8-16(24)28-2/h11-12H,5-10H2,1-4H3,(H,19,21)(H,20,22)/t11-,12-/m0/s1. The molecule has 0 unspecified atom stereocenters. The molecule has 0 aromatic carbocycles. The summed E-state index contributed by atoms with van der Waals surface area (Å²) in [6.07, 6.45) is -0.566. The third kappa shape index (κ3) is 13.0. The van der Waals surface area contributed by atoms with Crippen molar-refractivity contribution in [3.63, 3.8) is 0 Å². The van der Waals surface area contributed by atoms with E-state index in [-0.39, 0.29) is 37.2 Å². The van der Waals surface area contributed by atoms with E-state index in [9.17, 15) is 28.8 Å². The Labute approximate surface area is 193 Å². The summed E-state index contributed by atoms with van der Waals surface area (Å²) >= 11 is 0. The predicted molar refractivity (Wildman–Crippen MR) is 115 cm³/mol. The first-order chi connectivity index (χ1) is 15.2. The summed E-state index contributed by atoms with van der Waals surface area (Å²) in [5.74, 6) is -3.31. The smallest absolute Gasteiger partial charge is 0.329 e. The summed E-state index contributed by atoms with van der Waals surface area (Å²) in [5, 5.41) is 4.95. The van der Waals surface area contributed by atoms with E-state index in [0.29, 0.717) is 0 Å². The second-order valence-corrected chi connectivity index (χ2v) is 8.56. The van der Waals surface area contributed by atoms with Gasteiger partial charge in [0.1, 0.15) is 12.1 Å². The molecule has 32 heavy (non-hydrogen) atoms. The van der Waals surface area contributed by atoms with E-state index in [1.165, 1.54) is 28.4 Å². The van der Waals surface area contributed by atoms with Gasteiger partial charge in [-0.2, -0.15) is 0 Å². The maximum atomic E-state index is 11.9. The van der Waals surface area contributed by atoms with Crippen molar-refractivity contribution in [1.82, 2.24) is 10.6 Å². The molecule has 0 aromatic heterocycles. The number of esters is 4. The van der Waals surface area contributed by atoms with E-state index in [4.69, 9.17) is 0 Å². The van der Waals surface area contributed by atoms with Crippen molar-refractivity contribution in [3.8, 4) is 0 Å². The van der Waals surface area contributed by atoms with Crippen LogP contribution in [0.5, 0.6) is 0 Å². The zero-order chi connectivity index (χ0) is 24.5. The van der Waals surface area contributed by atoms with Crippen LogP contribution in [0.3, 0.4) is 0 Å². The highest BCUT2D eigenvalue weighted by Gasteiger charge is 2.25. The van der Waals surface area contributed by atoms with E-state index < -0.39 is 47.8 Å². The highest BCUT2D eigenvalue weighted by atomic mass is 33.1. The lowest BCUT2D eigenvalue weighted by Crippen LogP contribution is -2.44. The average molecular weight is 497 g/mol. The first-order valence-corrected chi connectivity index (χ1v) is 11.8. The van der Waals surface area contributed by atoms with Gasteiger partial charge in [0.05, 0.1) is 41.3 Å². The van der Waals surface area contributed by atoms with Crippen molar-refractivity contribution >= 4 is 57.3 Å². The number of carbonyl (C=O) groups is 6. The van der Waals surface area contributed by atoms with E-state index in [1.807, 2.05) is 0 Å². The van der Waals surface area contributed by atoms with Crippen LogP contribution >= 0.6 is 21.6 Å². The Balaban J connectivity index is 4.64. The fourth-order valence-electron chi connectivity index (χ4n) is 2.02. The summed E-state index contributed by atoms with van der Waals surface area (Å²) in [4.78, 5) is 69.9. The minimum absolute atomic E-state index is 0.103. The molecule has 0 radical (unpaired) electrons. The van der Waals surface area contributed by atoms with Gasteiger partial charge >= 0.3 is 23.9 Å². The molecular formula is C18H28N2O10S2. The molecule has 0 aliphatic carbocycles. The predicted octanol–water partition coefficient (Wildman–Crippen LogP) is -0.410. The number of hydrogen-bond acceptors (Lipinski definition) is 12. The van der Waals surface area contributed by atoms with E-state index in [1.54, 1.807) is 0 Å². The fraction of sp³-hybridized carbons (Fsp3) is 0.667. The van der Waals surface area contributed by atoms with Gasteiger partial charge in [-0.05, 0) is 0 Å². The van der Waals surface area contributed by atoms with E-state index >= 15 is 0 Å². The Kier molecular flexibility index (Phi) is 15.8. The normalized spacial score (nSPS) is 12.0. The van der Waals surface area contributed by atoms with Crippen LogP contribution in [0.1, 0.15) is 25.7 Å². The molecule has 0 bridgehead atoms. The maximum absolute atomic E-state index is 11.9. The molecular weight excluding hydrogens is 468 g/mol. The number of rotatable bonds is 15. The molecule has 2 amide bonds. The van der Waals surface area contributed by atoms with Crippen LogP contribution in [0, 0.1) is 0 Å². The van der Waals surface area contributed by atoms with Crippen LogP contribution in [0.4, 0.5) is 0 Å². The molecule has 0 rings (SSSR count). The monoisotopic (exact) mass is 496 g/mol. The van der Waals surface area contributed by atoms with Crippen LogP contribution in [0.15, 0.2) is 0 Å². The van der Waals surface area contributed by atoms with Gasteiger partial charge in [-0.15, -0.1) is 0 Å². The molecule has 2 atom stereocenters. The molecule has 12 nitrogen and oxygen atoms in total. The Hall–Kier alpha value is -2.48. The summed E-state index contributed by atoms with van der Waals surface area (Å²) in [5.41, 5.74) is 0. The molecule has 14 heteroatoms. The second-order valence-electron chi connectivity index (χ2n) is 6.01. The van der Waals surface area contributed by atoms with Gasteiger partial charge in [0.25, 0.3) is 0 Å². The Morgan fingerprint density at radius 2 is 0.938 bits per heavy atom. The number of methoxy groups -OCH3 is 4. The summed E-state index contributed by atoms with van der Waals surface area (Å²) in [6, 6.07) is -1.96. The first kappa shape index (κ1) is 29.5. The summed E-state index contributed by atoms with van der Waals surface area (Å²) in [6.45, 7) is 0. The van der Waals surface area contributed by atoms with Crippen LogP contribution in [-0.4, -0.2) is 87.7 Å². The van der Waals surface area contributed by atoms with Crippen molar-refractivity contribution < 1.29 is 47.7 Å². The lowest BCUT2D eigenvalue weighted by atomic mass is 10.2. The Morgan fingerprint density at radius 3 is 1.22 bits per heavy atom. The van der Waals surface area contributed by atoms with Gasteiger partial charge in [-0.1, -0.05) is 21.6 Å². The minimum Gasteiger partial charge on any atom is -0.469 e. The summed E-state index contributed by atoms with van der Waals surface area (Å²) < 4.78 is 18.2. The van der Waals surface area contributed by atoms with Crippen molar-refractivity contribution in [2.75, 3.05) is 39.9 Å². The maximum Gasteiger partial charge on any atom is 0.329 e. The largest absolute Gasteiger partial charge is 0.469 e. The Bertz CT molecular complexity index is 618. The lowest BCUT2D eigenvalue weighted by molar-refractivity contribution is -0.145. The first-order valence-electron chi connectivity index (χ1n) is 9.30. The third-order valence-electron chi connectivity index (χ3n) is 3.76. The van der Waals surface area contributed by atoms with Crippen LogP contribution in [-0.2, 0) is 47.7 Å². The average Bonchev–Trinajstić information content (AvgIpc) is 2.80.